The Balaban J connectivity index is 1.90. The first-order valence-electron chi connectivity index (χ1n) is 25.0. The maximum absolute atomic E-state index is 12.4. The molecular weight excluding hydrogens is 835 g/mol. The van der Waals surface area contributed by atoms with Crippen molar-refractivity contribution in [3.05, 3.63) is 29.8 Å². The van der Waals surface area contributed by atoms with Crippen LogP contribution in [0.1, 0.15) is 185 Å². The molecule has 0 saturated heterocycles. The van der Waals surface area contributed by atoms with Crippen LogP contribution in [0.3, 0.4) is 0 Å². The van der Waals surface area contributed by atoms with Crippen molar-refractivity contribution in [3.8, 4) is 5.75 Å². The Labute approximate surface area is 390 Å². The van der Waals surface area contributed by atoms with E-state index in [0.29, 0.717) is 45.1 Å². The standard InChI is InChI=1S/C50H87N3O12/c1-3-4-5-6-7-8-9-10-12-15-18-21-25-42(2)64-39-38-62-35-32-52-48(56)41-63-37-36-61-34-31-51-46(54)30-29-45(50(59)60)53-47(55)28-22-19-16-13-11-14-17-20-23-33-65-44-27-24-26-43(40-44)49(57)58/h24,26-27,40,42,45H,3-23,25,28-39,41H2,1-2H3,(H,51,54)(H,52,56)(H,53,55)(H,57,58)(H,59,60)/t42?,45-/m0/s1. The third-order valence-corrected chi connectivity index (χ3v) is 11.0. The number of aromatic carboxylic acids is 1. The fourth-order valence-corrected chi connectivity index (χ4v) is 7.15. The summed E-state index contributed by atoms with van der Waals surface area (Å²) < 4.78 is 27.8. The maximum atomic E-state index is 12.4. The molecule has 3 amide bonds. The molecule has 1 unspecified atom stereocenters. The third-order valence-electron chi connectivity index (χ3n) is 11.0. The first-order chi connectivity index (χ1) is 31.6. The van der Waals surface area contributed by atoms with Crippen LogP contribution in [0.25, 0.3) is 0 Å². The molecule has 374 valence electrons. The Morgan fingerprint density at radius 1 is 0.554 bits per heavy atom. The van der Waals surface area contributed by atoms with Crippen LogP contribution in [0, 0.1) is 0 Å². The number of unbranched alkanes of at least 4 members (excludes halogenated alkanes) is 19. The molecule has 0 heterocycles. The van der Waals surface area contributed by atoms with E-state index in [1.807, 2.05) is 0 Å². The zero-order valence-electron chi connectivity index (χ0n) is 40.2. The molecule has 0 aliphatic heterocycles. The number of amides is 3. The van der Waals surface area contributed by atoms with Crippen molar-refractivity contribution < 1.29 is 57.9 Å². The van der Waals surface area contributed by atoms with Gasteiger partial charge in [-0.3, -0.25) is 14.4 Å². The Morgan fingerprint density at radius 3 is 1.69 bits per heavy atom. The number of benzene rings is 1. The van der Waals surface area contributed by atoms with E-state index < -0.39 is 18.0 Å². The Morgan fingerprint density at radius 2 is 1.09 bits per heavy atom. The van der Waals surface area contributed by atoms with Crippen molar-refractivity contribution in [2.45, 2.75) is 187 Å². The Hall–Kier alpha value is -3.79. The lowest BCUT2D eigenvalue weighted by Gasteiger charge is -2.14. The van der Waals surface area contributed by atoms with E-state index in [1.54, 1.807) is 12.1 Å². The molecule has 0 spiro atoms. The van der Waals surface area contributed by atoms with Crippen molar-refractivity contribution in [1.82, 2.24) is 16.0 Å². The van der Waals surface area contributed by atoms with Gasteiger partial charge in [-0.1, -0.05) is 135 Å². The van der Waals surface area contributed by atoms with E-state index in [2.05, 4.69) is 29.8 Å². The van der Waals surface area contributed by atoms with Crippen LogP contribution < -0.4 is 20.7 Å². The van der Waals surface area contributed by atoms with Crippen LogP contribution >= 0.6 is 0 Å². The molecule has 15 heteroatoms. The van der Waals surface area contributed by atoms with Gasteiger partial charge in [0.2, 0.25) is 17.7 Å². The molecule has 0 bridgehead atoms. The summed E-state index contributed by atoms with van der Waals surface area (Å²) in [5.74, 6) is -2.51. The average molecular weight is 922 g/mol. The van der Waals surface area contributed by atoms with Gasteiger partial charge >= 0.3 is 11.9 Å². The van der Waals surface area contributed by atoms with Crippen LogP contribution in [0.15, 0.2) is 24.3 Å². The second-order valence-corrected chi connectivity index (χ2v) is 16.9. The monoisotopic (exact) mass is 922 g/mol. The number of carbonyl (C=O) groups excluding carboxylic acids is 3. The van der Waals surface area contributed by atoms with Crippen molar-refractivity contribution in [2.24, 2.45) is 0 Å². The lowest BCUT2D eigenvalue weighted by Crippen LogP contribution is -2.41. The van der Waals surface area contributed by atoms with Gasteiger partial charge in [0.15, 0.2) is 0 Å². The predicted octanol–water partition coefficient (Wildman–Crippen LogP) is 8.79. The van der Waals surface area contributed by atoms with Gasteiger partial charge in [-0.2, -0.15) is 0 Å². The molecule has 1 rings (SSSR count). The van der Waals surface area contributed by atoms with Gasteiger partial charge < -0.3 is 49.8 Å². The number of hydrogen-bond acceptors (Lipinski definition) is 10. The summed E-state index contributed by atoms with van der Waals surface area (Å²) in [6.07, 6.45) is 26.5. The van der Waals surface area contributed by atoms with Crippen molar-refractivity contribution in [1.29, 1.82) is 0 Å². The van der Waals surface area contributed by atoms with E-state index in [1.165, 1.54) is 89.2 Å². The highest BCUT2D eigenvalue weighted by Gasteiger charge is 2.21. The zero-order valence-corrected chi connectivity index (χ0v) is 40.2. The minimum Gasteiger partial charge on any atom is -0.494 e. The highest BCUT2D eigenvalue weighted by molar-refractivity contribution is 5.88. The second kappa shape index (κ2) is 42.8. The first-order valence-corrected chi connectivity index (χ1v) is 25.0. The summed E-state index contributed by atoms with van der Waals surface area (Å²) in [5.41, 5.74) is 0.211. The van der Waals surface area contributed by atoms with Gasteiger partial charge in [-0.15, -0.1) is 0 Å². The number of nitrogens with one attached hydrogen (secondary N) is 3. The maximum Gasteiger partial charge on any atom is 0.335 e. The minimum atomic E-state index is -1.18. The summed E-state index contributed by atoms with van der Waals surface area (Å²) in [5, 5.41) is 26.6. The molecule has 0 aliphatic rings. The molecule has 0 saturated carbocycles. The smallest absolute Gasteiger partial charge is 0.335 e. The van der Waals surface area contributed by atoms with E-state index in [9.17, 15) is 29.1 Å². The summed E-state index contributed by atoms with van der Waals surface area (Å²) in [6, 6.07) is 5.35. The molecule has 1 aromatic carbocycles. The molecule has 0 fully saturated rings. The third kappa shape index (κ3) is 38.1. The van der Waals surface area contributed by atoms with Crippen LogP contribution in [0.2, 0.25) is 0 Å². The molecule has 0 aromatic heterocycles. The number of carbonyl (C=O) groups is 5. The number of hydrogen-bond donors (Lipinski definition) is 5. The number of carboxylic acids is 2. The van der Waals surface area contributed by atoms with E-state index in [0.717, 1.165) is 57.8 Å². The lowest BCUT2D eigenvalue weighted by atomic mass is 10.0. The molecular formula is C50H87N3O12. The topological polar surface area (TPSA) is 208 Å². The Kier molecular flexibility index (Phi) is 39.0. The molecule has 0 radical (unpaired) electrons. The summed E-state index contributed by atoms with van der Waals surface area (Å²) >= 11 is 0. The van der Waals surface area contributed by atoms with Crippen LogP contribution in [-0.2, 0) is 38.1 Å². The second-order valence-electron chi connectivity index (χ2n) is 16.9. The summed E-state index contributed by atoms with van der Waals surface area (Å²) in [7, 11) is 0. The highest BCUT2D eigenvalue weighted by atomic mass is 16.5. The van der Waals surface area contributed by atoms with Gasteiger partial charge in [0.1, 0.15) is 18.4 Å². The molecule has 65 heavy (non-hydrogen) atoms. The van der Waals surface area contributed by atoms with E-state index in [4.69, 9.17) is 28.8 Å². The van der Waals surface area contributed by atoms with Gasteiger partial charge in [-0.05, 0) is 50.8 Å². The number of ether oxygens (including phenoxy) is 5. The fourth-order valence-electron chi connectivity index (χ4n) is 7.15. The molecule has 15 nitrogen and oxygen atoms in total. The summed E-state index contributed by atoms with van der Waals surface area (Å²) in [4.78, 5) is 59.4. The zero-order chi connectivity index (χ0) is 47.4. The quantitative estimate of drug-likeness (QED) is 0.0389. The van der Waals surface area contributed by atoms with Crippen molar-refractivity contribution in [2.75, 3.05) is 65.9 Å². The summed E-state index contributed by atoms with van der Waals surface area (Å²) in [6.45, 7) is 7.53. The number of carboxylic acid groups (broad SMARTS) is 2. The lowest BCUT2D eigenvalue weighted by molar-refractivity contribution is -0.142. The number of aliphatic carboxylic acids is 1. The molecule has 1 aromatic rings. The number of rotatable bonds is 47. The van der Waals surface area contributed by atoms with Crippen LogP contribution in [0.5, 0.6) is 5.75 Å². The van der Waals surface area contributed by atoms with E-state index in [-0.39, 0.29) is 81.6 Å². The molecule has 0 aliphatic carbocycles. The largest absolute Gasteiger partial charge is 0.494 e. The van der Waals surface area contributed by atoms with Crippen LogP contribution in [0.4, 0.5) is 0 Å². The fraction of sp³-hybridized carbons (Fsp3) is 0.780. The van der Waals surface area contributed by atoms with Gasteiger partial charge in [-0.25, -0.2) is 9.59 Å². The average Bonchev–Trinajstić information content (AvgIpc) is 3.28. The molecule has 2 atom stereocenters. The normalized spacial score (nSPS) is 12.1. The van der Waals surface area contributed by atoms with E-state index >= 15 is 0 Å². The first kappa shape index (κ1) is 59.2. The van der Waals surface area contributed by atoms with Gasteiger partial charge in [0.25, 0.3) is 0 Å². The van der Waals surface area contributed by atoms with Gasteiger partial charge in [0.05, 0.1) is 57.9 Å². The molecule has 5 N–H and O–H groups in total. The highest BCUT2D eigenvalue weighted by Crippen LogP contribution is 2.16. The predicted molar refractivity (Wildman–Crippen MR) is 253 cm³/mol. The van der Waals surface area contributed by atoms with Crippen molar-refractivity contribution in [3.63, 3.8) is 0 Å². The van der Waals surface area contributed by atoms with Crippen LogP contribution in [-0.4, -0.2) is 118 Å². The Bertz CT molecular complexity index is 1370. The SMILES string of the molecule is CCCCCCCCCCCCCCC(C)OCCOCCNC(=O)COCCOCCNC(=O)CC[C@H](NC(=O)CCCCCCCCCCCOc1cccc(C(=O)O)c1)C(=O)O. The van der Waals surface area contributed by atoms with Crippen molar-refractivity contribution >= 4 is 29.7 Å². The minimum absolute atomic E-state index is 0.0208. The van der Waals surface area contributed by atoms with Gasteiger partial charge in [0, 0.05) is 25.9 Å².